The minimum atomic E-state index is -0.0934. The third kappa shape index (κ3) is 2.49. The Morgan fingerprint density at radius 3 is 2.57 bits per heavy atom. The highest BCUT2D eigenvalue weighted by atomic mass is 16.3. The van der Waals surface area contributed by atoms with E-state index in [1.165, 1.54) is 0 Å². The molecule has 0 unspecified atom stereocenters. The van der Waals surface area contributed by atoms with Gasteiger partial charge in [0.2, 0.25) is 5.91 Å². The number of phenolic OH excluding ortho intramolecular Hbond substituents is 1. The lowest BCUT2D eigenvalue weighted by atomic mass is 10.1. The lowest BCUT2D eigenvalue weighted by Crippen LogP contribution is -2.17. The first kappa shape index (κ1) is 10.6. The molecule has 3 heteroatoms. The summed E-state index contributed by atoms with van der Waals surface area (Å²) in [6.07, 6.45) is 0. The van der Waals surface area contributed by atoms with Gasteiger partial charge in [0.15, 0.2) is 0 Å². The summed E-state index contributed by atoms with van der Waals surface area (Å²) in [6, 6.07) is 5.16. The summed E-state index contributed by atoms with van der Waals surface area (Å²) in [7, 11) is 0. The van der Waals surface area contributed by atoms with E-state index in [2.05, 4.69) is 5.32 Å². The third-order valence-electron chi connectivity index (χ3n) is 1.94. The van der Waals surface area contributed by atoms with Crippen molar-refractivity contribution in [3.05, 3.63) is 23.8 Å². The van der Waals surface area contributed by atoms with Crippen LogP contribution in [-0.2, 0) is 4.79 Å². The summed E-state index contributed by atoms with van der Waals surface area (Å²) in [5.74, 6) is -0.0705. The van der Waals surface area contributed by atoms with E-state index in [1.54, 1.807) is 26.0 Å². The van der Waals surface area contributed by atoms with Crippen LogP contribution in [-0.4, -0.2) is 11.0 Å². The van der Waals surface area contributed by atoms with Crippen LogP contribution in [0.25, 0.3) is 0 Å². The number of amides is 1. The molecule has 1 aromatic rings. The van der Waals surface area contributed by atoms with Crippen LogP contribution in [0.5, 0.6) is 5.75 Å². The molecule has 0 bridgehead atoms. The fourth-order valence-electron chi connectivity index (χ4n) is 1.02. The van der Waals surface area contributed by atoms with Gasteiger partial charge >= 0.3 is 0 Å². The Bertz CT molecular complexity index is 345. The van der Waals surface area contributed by atoms with E-state index in [0.717, 1.165) is 5.56 Å². The van der Waals surface area contributed by atoms with Crippen LogP contribution in [0.15, 0.2) is 18.2 Å². The predicted octanol–water partition coefficient (Wildman–Crippen LogP) is 2.30. The van der Waals surface area contributed by atoms with Crippen LogP contribution in [0, 0.1) is 12.8 Å². The summed E-state index contributed by atoms with van der Waals surface area (Å²) < 4.78 is 0. The van der Waals surface area contributed by atoms with Gasteiger partial charge in [0.05, 0.1) is 5.69 Å². The molecule has 0 spiro atoms. The number of hydrogen-bond donors (Lipinski definition) is 2. The maximum Gasteiger partial charge on any atom is 0.227 e. The monoisotopic (exact) mass is 193 g/mol. The highest BCUT2D eigenvalue weighted by Gasteiger charge is 2.09. The SMILES string of the molecule is Cc1ccc(NC(=O)C(C)C)c(O)c1. The number of rotatable bonds is 2. The van der Waals surface area contributed by atoms with Crippen molar-refractivity contribution >= 4 is 11.6 Å². The van der Waals surface area contributed by atoms with Gasteiger partial charge in [0.25, 0.3) is 0 Å². The summed E-state index contributed by atoms with van der Waals surface area (Å²) in [6.45, 7) is 5.49. The predicted molar refractivity (Wildman–Crippen MR) is 56.3 cm³/mol. The average molecular weight is 193 g/mol. The van der Waals surface area contributed by atoms with Crippen LogP contribution >= 0.6 is 0 Å². The maximum absolute atomic E-state index is 11.3. The lowest BCUT2D eigenvalue weighted by Gasteiger charge is -2.09. The van der Waals surface area contributed by atoms with Crippen LogP contribution in [0.4, 0.5) is 5.69 Å². The van der Waals surface area contributed by atoms with E-state index in [-0.39, 0.29) is 17.6 Å². The smallest absolute Gasteiger partial charge is 0.227 e. The molecule has 0 aliphatic rings. The Morgan fingerprint density at radius 1 is 1.43 bits per heavy atom. The molecule has 0 saturated heterocycles. The summed E-state index contributed by atoms with van der Waals surface area (Å²) in [5, 5.41) is 12.2. The van der Waals surface area contributed by atoms with Crippen LogP contribution in [0.3, 0.4) is 0 Å². The first-order valence-corrected chi connectivity index (χ1v) is 4.61. The Balaban J connectivity index is 2.82. The minimum Gasteiger partial charge on any atom is -0.506 e. The molecule has 1 aromatic carbocycles. The van der Waals surface area contributed by atoms with Crippen molar-refractivity contribution in [1.82, 2.24) is 0 Å². The van der Waals surface area contributed by atoms with E-state index in [4.69, 9.17) is 0 Å². The fraction of sp³-hybridized carbons (Fsp3) is 0.364. The van der Waals surface area contributed by atoms with Gasteiger partial charge in [-0.1, -0.05) is 19.9 Å². The number of phenols is 1. The fourth-order valence-corrected chi connectivity index (χ4v) is 1.02. The Labute approximate surface area is 83.8 Å². The Hall–Kier alpha value is -1.51. The number of carbonyl (C=O) groups is 1. The summed E-state index contributed by atoms with van der Waals surface area (Å²) in [4.78, 5) is 11.3. The van der Waals surface area contributed by atoms with E-state index < -0.39 is 0 Å². The van der Waals surface area contributed by atoms with Crippen molar-refractivity contribution in [3.63, 3.8) is 0 Å². The van der Waals surface area contributed by atoms with Gasteiger partial charge in [-0.05, 0) is 24.6 Å². The van der Waals surface area contributed by atoms with Gasteiger partial charge in [0.1, 0.15) is 5.75 Å². The quantitative estimate of drug-likeness (QED) is 0.708. The molecule has 3 nitrogen and oxygen atoms in total. The van der Waals surface area contributed by atoms with Gasteiger partial charge in [-0.2, -0.15) is 0 Å². The standard InChI is InChI=1S/C11H15NO2/c1-7(2)11(14)12-9-5-4-8(3)6-10(9)13/h4-7,13H,1-3H3,(H,12,14). The molecule has 0 aliphatic carbocycles. The lowest BCUT2D eigenvalue weighted by molar-refractivity contribution is -0.118. The molecule has 0 saturated carbocycles. The second kappa shape index (κ2) is 4.13. The number of aromatic hydroxyl groups is 1. The average Bonchev–Trinajstić information content (AvgIpc) is 2.09. The van der Waals surface area contributed by atoms with Gasteiger partial charge in [-0.25, -0.2) is 0 Å². The first-order valence-electron chi connectivity index (χ1n) is 4.61. The summed E-state index contributed by atoms with van der Waals surface area (Å²) in [5.41, 5.74) is 1.43. The zero-order valence-corrected chi connectivity index (χ0v) is 8.66. The van der Waals surface area contributed by atoms with Crippen molar-refractivity contribution in [2.75, 3.05) is 5.32 Å². The number of carbonyl (C=O) groups excluding carboxylic acids is 1. The van der Waals surface area contributed by atoms with Crippen molar-refractivity contribution in [2.45, 2.75) is 20.8 Å². The highest BCUT2D eigenvalue weighted by Crippen LogP contribution is 2.24. The van der Waals surface area contributed by atoms with Crippen molar-refractivity contribution in [2.24, 2.45) is 5.92 Å². The molecule has 0 fully saturated rings. The third-order valence-corrected chi connectivity index (χ3v) is 1.94. The second-order valence-corrected chi connectivity index (χ2v) is 3.66. The molecule has 0 radical (unpaired) electrons. The number of aryl methyl sites for hydroxylation is 1. The minimum absolute atomic E-state index is 0.0873. The zero-order valence-electron chi connectivity index (χ0n) is 8.66. The molecular formula is C11H15NO2. The normalized spacial score (nSPS) is 10.3. The number of nitrogens with one attached hydrogen (secondary N) is 1. The Kier molecular flexibility index (Phi) is 3.12. The molecule has 1 rings (SSSR count). The van der Waals surface area contributed by atoms with E-state index in [9.17, 15) is 9.90 Å². The van der Waals surface area contributed by atoms with E-state index in [0.29, 0.717) is 5.69 Å². The van der Waals surface area contributed by atoms with Gasteiger partial charge in [-0.15, -0.1) is 0 Å². The number of anilines is 1. The van der Waals surface area contributed by atoms with Gasteiger partial charge < -0.3 is 10.4 Å². The number of benzene rings is 1. The van der Waals surface area contributed by atoms with Crippen molar-refractivity contribution in [3.8, 4) is 5.75 Å². The molecule has 14 heavy (non-hydrogen) atoms. The molecule has 0 heterocycles. The van der Waals surface area contributed by atoms with Gasteiger partial charge in [-0.3, -0.25) is 4.79 Å². The van der Waals surface area contributed by atoms with Crippen molar-refractivity contribution in [1.29, 1.82) is 0 Å². The maximum atomic E-state index is 11.3. The van der Waals surface area contributed by atoms with Crippen LogP contribution < -0.4 is 5.32 Å². The van der Waals surface area contributed by atoms with Crippen LogP contribution in [0.2, 0.25) is 0 Å². The molecule has 0 aromatic heterocycles. The largest absolute Gasteiger partial charge is 0.506 e. The zero-order chi connectivity index (χ0) is 10.7. The molecule has 2 N–H and O–H groups in total. The summed E-state index contributed by atoms with van der Waals surface area (Å²) >= 11 is 0. The van der Waals surface area contributed by atoms with E-state index in [1.807, 2.05) is 13.0 Å². The highest BCUT2D eigenvalue weighted by molar-refractivity contribution is 5.93. The Morgan fingerprint density at radius 2 is 2.07 bits per heavy atom. The topological polar surface area (TPSA) is 49.3 Å². The number of hydrogen-bond acceptors (Lipinski definition) is 2. The second-order valence-electron chi connectivity index (χ2n) is 3.66. The first-order chi connectivity index (χ1) is 6.50. The van der Waals surface area contributed by atoms with Crippen LogP contribution in [0.1, 0.15) is 19.4 Å². The molecule has 1 amide bonds. The molecular weight excluding hydrogens is 178 g/mol. The van der Waals surface area contributed by atoms with Gasteiger partial charge in [0, 0.05) is 5.92 Å². The molecule has 76 valence electrons. The molecule has 0 atom stereocenters. The van der Waals surface area contributed by atoms with E-state index >= 15 is 0 Å². The van der Waals surface area contributed by atoms with Crippen molar-refractivity contribution < 1.29 is 9.90 Å². The molecule has 0 aliphatic heterocycles.